The number of carbonyl (C=O) groups is 1. The van der Waals surface area contributed by atoms with E-state index in [4.69, 9.17) is 4.98 Å². The first kappa shape index (κ1) is 14.6. The summed E-state index contributed by atoms with van der Waals surface area (Å²) in [5.74, 6) is 0.637. The topological polar surface area (TPSA) is 33.2 Å². The molecule has 0 saturated heterocycles. The third-order valence-electron chi connectivity index (χ3n) is 5.32. The molecule has 1 aliphatic heterocycles. The summed E-state index contributed by atoms with van der Waals surface area (Å²) < 4.78 is 0. The number of hydrogen-bond donors (Lipinski definition) is 0. The van der Waals surface area contributed by atoms with Crippen LogP contribution in [0.5, 0.6) is 0 Å². The Morgan fingerprint density at radius 3 is 2.72 bits per heavy atom. The van der Waals surface area contributed by atoms with Crippen LogP contribution in [0.1, 0.15) is 46.8 Å². The number of benzene rings is 2. The molecule has 1 amide bonds. The maximum Gasteiger partial charge on any atom is 0.259 e. The Hall–Kier alpha value is -2.68. The first-order valence-corrected chi connectivity index (χ1v) is 9.11. The van der Waals surface area contributed by atoms with Gasteiger partial charge in [-0.2, -0.15) is 0 Å². The van der Waals surface area contributed by atoms with Crippen LogP contribution in [0.2, 0.25) is 0 Å². The standard InChI is InChI=1S/C22H20N2O/c25-22(24-13-5-7-16-6-1-4-10-21(16)24)18-14-20(15-11-12-15)23-19-9-3-2-8-17(18)19/h1-4,6,8-10,14-15H,5,7,11-13H2. The minimum atomic E-state index is 0.104. The maximum absolute atomic E-state index is 13.5. The number of amides is 1. The van der Waals surface area contributed by atoms with Gasteiger partial charge in [-0.1, -0.05) is 36.4 Å². The zero-order chi connectivity index (χ0) is 16.8. The molecule has 1 saturated carbocycles. The Morgan fingerprint density at radius 2 is 1.84 bits per heavy atom. The van der Waals surface area contributed by atoms with Crippen molar-refractivity contribution in [3.63, 3.8) is 0 Å². The van der Waals surface area contributed by atoms with Crippen LogP contribution < -0.4 is 4.90 Å². The number of para-hydroxylation sites is 2. The van der Waals surface area contributed by atoms with Gasteiger partial charge in [-0.3, -0.25) is 9.78 Å². The van der Waals surface area contributed by atoms with E-state index in [9.17, 15) is 4.79 Å². The molecule has 0 unspecified atom stereocenters. The zero-order valence-electron chi connectivity index (χ0n) is 14.1. The number of rotatable bonds is 2. The van der Waals surface area contributed by atoms with Crippen LogP contribution >= 0.6 is 0 Å². The van der Waals surface area contributed by atoms with Crippen molar-refractivity contribution in [3.05, 3.63) is 71.4 Å². The maximum atomic E-state index is 13.5. The van der Waals surface area contributed by atoms with Crippen LogP contribution in [0.25, 0.3) is 10.9 Å². The van der Waals surface area contributed by atoms with E-state index in [1.165, 1.54) is 18.4 Å². The van der Waals surface area contributed by atoms with Crippen LogP contribution in [-0.2, 0) is 6.42 Å². The fourth-order valence-electron chi connectivity index (χ4n) is 3.85. The normalized spacial score (nSPS) is 16.7. The SMILES string of the molecule is O=C(c1cc(C2CC2)nc2ccccc12)N1CCCc2ccccc21. The van der Waals surface area contributed by atoms with Gasteiger partial charge >= 0.3 is 0 Å². The summed E-state index contributed by atoms with van der Waals surface area (Å²) in [5.41, 5.74) is 5.13. The Morgan fingerprint density at radius 1 is 1.04 bits per heavy atom. The molecule has 25 heavy (non-hydrogen) atoms. The van der Waals surface area contributed by atoms with E-state index in [1.54, 1.807) is 0 Å². The van der Waals surface area contributed by atoms with Crippen molar-refractivity contribution in [1.29, 1.82) is 0 Å². The van der Waals surface area contributed by atoms with Gasteiger partial charge in [-0.25, -0.2) is 0 Å². The molecule has 2 aliphatic rings. The summed E-state index contributed by atoms with van der Waals surface area (Å²) in [4.78, 5) is 20.2. The minimum absolute atomic E-state index is 0.104. The van der Waals surface area contributed by atoms with Gasteiger partial charge in [0.2, 0.25) is 0 Å². The number of aryl methyl sites for hydroxylation is 1. The Bertz CT molecular complexity index is 975. The lowest BCUT2D eigenvalue weighted by molar-refractivity contribution is 0.0986. The van der Waals surface area contributed by atoms with Crippen LogP contribution in [0, 0.1) is 0 Å². The molecule has 0 N–H and O–H groups in total. The first-order valence-electron chi connectivity index (χ1n) is 9.11. The molecular formula is C22H20N2O. The van der Waals surface area contributed by atoms with Crippen LogP contribution in [0.3, 0.4) is 0 Å². The summed E-state index contributed by atoms with van der Waals surface area (Å²) in [6.07, 6.45) is 4.43. The van der Waals surface area contributed by atoms with Gasteiger partial charge in [0.15, 0.2) is 0 Å². The third-order valence-corrected chi connectivity index (χ3v) is 5.32. The van der Waals surface area contributed by atoms with Gasteiger partial charge in [0.25, 0.3) is 5.91 Å². The molecule has 3 nitrogen and oxygen atoms in total. The summed E-state index contributed by atoms with van der Waals surface area (Å²) >= 11 is 0. The van der Waals surface area contributed by atoms with Gasteiger partial charge < -0.3 is 4.90 Å². The third kappa shape index (κ3) is 2.51. The van der Waals surface area contributed by atoms with Crippen molar-refractivity contribution in [2.45, 2.75) is 31.6 Å². The van der Waals surface area contributed by atoms with Crippen molar-refractivity contribution < 1.29 is 4.79 Å². The molecule has 3 heteroatoms. The number of aromatic nitrogens is 1. The number of anilines is 1. The lowest BCUT2D eigenvalue weighted by atomic mass is 9.99. The molecule has 124 valence electrons. The van der Waals surface area contributed by atoms with E-state index in [0.717, 1.165) is 47.2 Å². The molecule has 1 aliphatic carbocycles. The predicted molar refractivity (Wildman–Crippen MR) is 100 cm³/mol. The lowest BCUT2D eigenvalue weighted by Crippen LogP contribution is -2.35. The highest BCUT2D eigenvalue weighted by atomic mass is 16.2. The van der Waals surface area contributed by atoms with Crippen LogP contribution in [0.4, 0.5) is 5.69 Å². The van der Waals surface area contributed by atoms with E-state index < -0.39 is 0 Å². The van der Waals surface area contributed by atoms with Crippen LogP contribution in [0.15, 0.2) is 54.6 Å². The van der Waals surface area contributed by atoms with Gasteiger partial charge in [0.05, 0.1) is 11.1 Å². The highest BCUT2D eigenvalue weighted by Crippen LogP contribution is 2.40. The number of carbonyl (C=O) groups excluding carboxylic acids is 1. The molecule has 1 fully saturated rings. The van der Waals surface area contributed by atoms with E-state index in [0.29, 0.717) is 5.92 Å². The monoisotopic (exact) mass is 328 g/mol. The molecule has 1 aromatic heterocycles. The molecule has 2 aromatic carbocycles. The number of fused-ring (bicyclic) bond motifs is 2. The lowest BCUT2D eigenvalue weighted by Gasteiger charge is -2.30. The molecule has 3 aromatic rings. The van der Waals surface area contributed by atoms with Crippen molar-refractivity contribution >= 4 is 22.5 Å². The molecule has 0 bridgehead atoms. The van der Waals surface area contributed by atoms with Gasteiger partial charge in [-0.15, -0.1) is 0 Å². The minimum Gasteiger partial charge on any atom is -0.308 e. The largest absolute Gasteiger partial charge is 0.308 e. The average molecular weight is 328 g/mol. The predicted octanol–water partition coefficient (Wildman–Crippen LogP) is 4.71. The average Bonchev–Trinajstić information content (AvgIpc) is 3.51. The second-order valence-corrected chi connectivity index (χ2v) is 7.08. The van der Waals surface area contributed by atoms with Crippen LogP contribution in [-0.4, -0.2) is 17.4 Å². The Kier molecular flexibility index (Phi) is 3.34. The second kappa shape index (κ2) is 5.69. The van der Waals surface area contributed by atoms with Crippen molar-refractivity contribution in [2.75, 3.05) is 11.4 Å². The van der Waals surface area contributed by atoms with E-state index in [1.807, 2.05) is 41.3 Å². The zero-order valence-corrected chi connectivity index (χ0v) is 14.1. The van der Waals surface area contributed by atoms with Crippen molar-refractivity contribution in [2.24, 2.45) is 0 Å². The molecule has 5 rings (SSSR count). The smallest absolute Gasteiger partial charge is 0.259 e. The highest BCUT2D eigenvalue weighted by Gasteiger charge is 2.29. The summed E-state index contributed by atoms with van der Waals surface area (Å²) in [6, 6.07) is 18.3. The fourth-order valence-corrected chi connectivity index (χ4v) is 3.85. The number of nitrogens with zero attached hydrogens (tertiary/aromatic N) is 2. The molecule has 0 radical (unpaired) electrons. The Balaban J connectivity index is 1.65. The first-order chi connectivity index (χ1) is 12.3. The van der Waals surface area contributed by atoms with Gasteiger partial charge in [0, 0.05) is 29.2 Å². The molecule has 2 heterocycles. The van der Waals surface area contributed by atoms with E-state index in [-0.39, 0.29) is 5.91 Å². The van der Waals surface area contributed by atoms with Crippen molar-refractivity contribution in [1.82, 2.24) is 4.98 Å². The Labute approximate surface area is 147 Å². The molecule has 0 spiro atoms. The fraction of sp³-hybridized carbons (Fsp3) is 0.273. The van der Waals surface area contributed by atoms with Gasteiger partial charge in [0.1, 0.15) is 0 Å². The van der Waals surface area contributed by atoms with E-state index >= 15 is 0 Å². The summed E-state index contributed by atoms with van der Waals surface area (Å²) in [5, 5.41) is 0.958. The summed E-state index contributed by atoms with van der Waals surface area (Å²) in [7, 11) is 0. The highest BCUT2D eigenvalue weighted by molar-refractivity contribution is 6.14. The summed E-state index contributed by atoms with van der Waals surface area (Å²) in [6.45, 7) is 0.783. The quantitative estimate of drug-likeness (QED) is 0.683. The molecule has 0 atom stereocenters. The molecular weight excluding hydrogens is 308 g/mol. The number of pyridine rings is 1. The van der Waals surface area contributed by atoms with Gasteiger partial charge in [-0.05, 0) is 49.4 Å². The number of hydrogen-bond acceptors (Lipinski definition) is 2. The second-order valence-electron chi connectivity index (χ2n) is 7.08. The van der Waals surface area contributed by atoms with Crippen molar-refractivity contribution in [3.8, 4) is 0 Å². The van der Waals surface area contributed by atoms with E-state index in [2.05, 4.69) is 18.2 Å².